The van der Waals surface area contributed by atoms with Crippen LogP contribution in [0.1, 0.15) is 0 Å². The number of fused-ring (bicyclic) bond motifs is 1. The summed E-state index contributed by atoms with van der Waals surface area (Å²) in [7, 11) is 0. The molecular formula is C47H31N5. The van der Waals surface area contributed by atoms with Crippen LogP contribution in [0.25, 0.3) is 89.3 Å². The van der Waals surface area contributed by atoms with E-state index in [1.807, 2.05) is 85.3 Å². The molecule has 5 aromatic heterocycles. The third-order valence-corrected chi connectivity index (χ3v) is 9.35. The second-order valence-electron chi connectivity index (χ2n) is 12.6. The molecule has 0 saturated carbocycles. The summed E-state index contributed by atoms with van der Waals surface area (Å²) in [4.78, 5) is 23.6. The summed E-state index contributed by atoms with van der Waals surface area (Å²) in [6, 6.07) is 54.4. The Labute approximate surface area is 302 Å². The highest BCUT2D eigenvalue weighted by Gasteiger charge is 2.16. The first kappa shape index (κ1) is 30.9. The van der Waals surface area contributed by atoms with Gasteiger partial charge < -0.3 is 0 Å². The van der Waals surface area contributed by atoms with Gasteiger partial charge >= 0.3 is 0 Å². The molecule has 0 spiro atoms. The van der Waals surface area contributed by atoms with Gasteiger partial charge in [-0.05, 0) is 105 Å². The van der Waals surface area contributed by atoms with Gasteiger partial charge in [-0.2, -0.15) is 0 Å². The van der Waals surface area contributed by atoms with Gasteiger partial charge in [0, 0.05) is 53.2 Å². The maximum Gasteiger partial charge on any atom is 0.0886 e. The van der Waals surface area contributed by atoms with E-state index >= 15 is 0 Å². The van der Waals surface area contributed by atoms with Crippen molar-refractivity contribution in [1.82, 2.24) is 24.9 Å². The predicted molar refractivity (Wildman–Crippen MR) is 211 cm³/mol. The van der Waals surface area contributed by atoms with E-state index in [2.05, 4.69) is 101 Å². The van der Waals surface area contributed by atoms with Crippen LogP contribution in [0.15, 0.2) is 189 Å². The Morgan fingerprint density at radius 1 is 0.250 bits per heavy atom. The third-order valence-electron chi connectivity index (χ3n) is 9.35. The normalized spacial score (nSPS) is 11.1. The molecule has 0 amide bonds. The van der Waals surface area contributed by atoms with E-state index in [1.165, 1.54) is 0 Å². The van der Waals surface area contributed by atoms with Crippen molar-refractivity contribution in [3.05, 3.63) is 189 Å². The lowest BCUT2D eigenvalue weighted by Crippen LogP contribution is -1.93. The van der Waals surface area contributed by atoms with Crippen molar-refractivity contribution in [2.24, 2.45) is 0 Å². The average molecular weight is 666 g/mol. The summed E-state index contributed by atoms with van der Waals surface area (Å²) in [6.45, 7) is 0. The number of pyridine rings is 5. The van der Waals surface area contributed by atoms with Crippen molar-refractivity contribution in [2.45, 2.75) is 0 Å². The van der Waals surface area contributed by atoms with E-state index in [0.29, 0.717) is 0 Å². The zero-order chi connectivity index (χ0) is 34.7. The average Bonchev–Trinajstić information content (AvgIpc) is 3.24. The first-order chi connectivity index (χ1) is 25.8. The molecule has 0 N–H and O–H groups in total. The molecule has 244 valence electrons. The summed E-state index contributed by atoms with van der Waals surface area (Å²) >= 11 is 0. The molecule has 0 aliphatic rings. The van der Waals surface area contributed by atoms with Gasteiger partial charge in [-0.1, -0.05) is 91.0 Å². The highest BCUT2D eigenvalue weighted by Crippen LogP contribution is 2.41. The second kappa shape index (κ2) is 13.7. The molecule has 9 aromatic rings. The zero-order valence-electron chi connectivity index (χ0n) is 28.1. The molecule has 0 aliphatic heterocycles. The minimum Gasteiger partial charge on any atom is -0.256 e. The number of rotatable bonds is 7. The summed E-state index contributed by atoms with van der Waals surface area (Å²) in [5.74, 6) is 0. The molecular weight excluding hydrogens is 635 g/mol. The summed E-state index contributed by atoms with van der Waals surface area (Å²) < 4.78 is 0. The van der Waals surface area contributed by atoms with Crippen LogP contribution in [-0.4, -0.2) is 24.9 Å². The molecule has 52 heavy (non-hydrogen) atoms. The van der Waals surface area contributed by atoms with Gasteiger partial charge in [-0.3, -0.25) is 24.9 Å². The number of hydrogen-bond donors (Lipinski definition) is 0. The number of aromatic nitrogens is 5. The van der Waals surface area contributed by atoms with Gasteiger partial charge in [-0.25, -0.2) is 0 Å². The van der Waals surface area contributed by atoms with Gasteiger partial charge in [0.15, 0.2) is 0 Å². The van der Waals surface area contributed by atoms with Gasteiger partial charge in [0.1, 0.15) is 0 Å². The second-order valence-corrected chi connectivity index (χ2v) is 12.6. The summed E-state index contributed by atoms with van der Waals surface area (Å²) in [5.41, 5.74) is 14.0. The molecule has 0 fully saturated rings. The highest BCUT2D eigenvalue weighted by molar-refractivity contribution is 6.02. The molecule has 5 heterocycles. The van der Waals surface area contributed by atoms with Gasteiger partial charge in [0.05, 0.1) is 28.5 Å². The monoisotopic (exact) mass is 665 g/mol. The van der Waals surface area contributed by atoms with Crippen LogP contribution >= 0.6 is 0 Å². The molecule has 0 radical (unpaired) electrons. The molecule has 5 heteroatoms. The summed E-state index contributed by atoms with van der Waals surface area (Å²) in [6.07, 6.45) is 9.46. The first-order valence-electron chi connectivity index (χ1n) is 17.2. The quantitative estimate of drug-likeness (QED) is 0.169. The zero-order valence-corrected chi connectivity index (χ0v) is 28.1. The van der Waals surface area contributed by atoms with E-state index in [4.69, 9.17) is 15.0 Å². The van der Waals surface area contributed by atoms with Gasteiger partial charge in [-0.15, -0.1) is 0 Å². The van der Waals surface area contributed by atoms with Crippen LogP contribution < -0.4 is 0 Å². The first-order valence-corrected chi connectivity index (χ1v) is 17.2. The van der Waals surface area contributed by atoms with Gasteiger partial charge in [0.25, 0.3) is 0 Å². The number of benzene rings is 4. The third kappa shape index (κ3) is 6.12. The fourth-order valence-electron chi connectivity index (χ4n) is 6.69. The van der Waals surface area contributed by atoms with Crippen LogP contribution in [0.2, 0.25) is 0 Å². The molecule has 0 unspecified atom stereocenters. The summed E-state index contributed by atoms with van der Waals surface area (Å²) in [5, 5.41) is 2.24. The Bertz CT molecular complexity index is 2610. The molecule has 0 atom stereocenters. The van der Waals surface area contributed by atoms with Crippen LogP contribution in [0, 0.1) is 0 Å². The van der Waals surface area contributed by atoms with E-state index in [-0.39, 0.29) is 0 Å². The maximum atomic E-state index is 4.91. The van der Waals surface area contributed by atoms with Crippen molar-refractivity contribution in [3.8, 4) is 78.5 Å². The van der Waals surface area contributed by atoms with Crippen molar-refractivity contribution < 1.29 is 0 Å². The van der Waals surface area contributed by atoms with Crippen LogP contribution in [-0.2, 0) is 0 Å². The van der Waals surface area contributed by atoms with Crippen molar-refractivity contribution >= 4 is 10.8 Å². The van der Waals surface area contributed by atoms with E-state index < -0.39 is 0 Å². The fourth-order valence-corrected chi connectivity index (χ4v) is 6.69. The Morgan fingerprint density at radius 2 is 0.615 bits per heavy atom. The lowest BCUT2D eigenvalue weighted by Gasteiger charge is -2.17. The fraction of sp³-hybridized carbons (Fsp3) is 0. The molecule has 0 aliphatic carbocycles. The maximum absolute atomic E-state index is 4.91. The minimum absolute atomic E-state index is 0.831. The standard InChI is InChI=1S/C47H31N5/c1-3-11-32(12-4-1)39-25-37-27-41(34-17-20-43(50-29-34)33-13-5-2-6-14-33)42(36-19-22-47(52-31-36)45-16-8-10-24-49-45)28-38(37)26-40(39)35-18-21-46(51-30-35)44-15-7-9-23-48-44/h1-31H. The van der Waals surface area contributed by atoms with E-state index in [9.17, 15) is 0 Å². The lowest BCUT2D eigenvalue weighted by atomic mass is 9.88. The van der Waals surface area contributed by atoms with E-state index in [0.717, 1.165) is 89.3 Å². The van der Waals surface area contributed by atoms with Crippen LogP contribution in [0.5, 0.6) is 0 Å². The topological polar surface area (TPSA) is 64.5 Å². The lowest BCUT2D eigenvalue weighted by molar-refractivity contribution is 1.25. The van der Waals surface area contributed by atoms with Crippen LogP contribution in [0.4, 0.5) is 0 Å². The Hall–Kier alpha value is -7.11. The molecule has 0 bridgehead atoms. The van der Waals surface area contributed by atoms with E-state index in [1.54, 1.807) is 12.4 Å². The van der Waals surface area contributed by atoms with Gasteiger partial charge in [0.2, 0.25) is 0 Å². The molecule has 0 saturated heterocycles. The van der Waals surface area contributed by atoms with Crippen LogP contribution in [0.3, 0.4) is 0 Å². The number of nitrogens with zero attached hydrogens (tertiary/aromatic N) is 5. The highest BCUT2D eigenvalue weighted by atomic mass is 14.8. The molecule has 4 aromatic carbocycles. The molecule has 5 nitrogen and oxygen atoms in total. The van der Waals surface area contributed by atoms with Crippen molar-refractivity contribution in [2.75, 3.05) is 0 Å². The Balaban J connectivity index is 1.22. The number of hydrogen-bond acceptors (Lipinski definition) is 5. The Kier molecular flexibility index (Phi) is 8.12. The SMILES string of the molecule is c1ccc(-c2ccc(-c3cc4cc(-c5ccccc5)c(-c5ccc(-c6ccccn6)nc5)cc4cc3-c3ccc(-c4ccccn4)nc3)cn2)cc1. The minimum atomic E-state index is 0.831. The molecule has 9 rings (SSSR count). The van der Waals surface area contributed by atoms with Crippen molar-refractivity contribution in [3.63, 3.8) is 0 Å². The Morgan fingerprint density at radius 3 is 1.00 bits per heavy atom. The largest absolute Gasteiger partial charge is 0.256 e. The predicted octanol–water partition coefficient (Wildman–Crippen LogP) is 11.5. The smallest absolute Gasteiger partial charge is 0.0886 e. The van der Waals surface area contributed by atoms with Crippen molar-refractivity contribution in [1.29, 1.82) is 0 Å².